The van der Waals surface area contributed by atoms with Crippen LogP contribution in [0.4, 0.5) is 13.2 Å². The molecule has 17 heavy (non-hydrogen) atoms. The molecule has 1 nitrogen and oxygen atoms in total. The molecule has 2 aliphatic rings. The predicted octanol–water partition coefficient (Wildman–Crippen LogP) is 2.87. The van der Waals surface area contributed by atoms with E-state index in [1.54, 1.807) is 13.0 Å². The SMILES string of the molecule is Cc1cc(C(F)(F)F)ccc1C12CNC[C@H]1C2. The first-order chi connectivity index (χ1) is 7.93. The maximum absolute atomic E-state index is 12.6. The van der Waals surface area contributed by atoms with Crippen molar-refractivity contribution in [2.24, 2.45) is 5.92 Å². The van der Waals surface area contributed by atoms with Crippen LogP contribution < -0.4 is 5.32 Å². The third-order valence-corrected chi connectivity index (χ3v) is 4.15. The highest BCUT2D eigenvalue weighted by Gasteiger charge is 2.58. The highest BCUT2D eigenvalue weighted by molar-refractivity contribution is 5.44. The Hall–Kier alpha value is -1.03. The molecule has 0 amide bonds. The third kappa shape index (κ3) is 1.58. The Bertz CT molecular complexity index is 466. The first kappa shape index (κ1) is 11.1. The smallest absolute Gasteiger partial charge is 0.316 e. The van der Waals surface area contributed by atoms with E-state index in [9.17, 15) is 13.2 Å². The number of halogens is 3. The van der Waals surface area contributed by atoms with Crippen LogP contribution in [0.5, 0.6) is 0 Å². The van der Waals surface area contributed by atoms with Gasteiger partial charge in [-0.2, -0.15) is 13.2 Å². The predicted molar refractivity (Wildman–Crippen MR) is 58.8 cm³/mol. The zero-order chi connectivity index (χ0) is 12.3. The zero-order valence-corrected chi connectivity index (χ0v) is 9.56. The van der Waals surface area contributed by atoms with Crippen molar-refractivity contribution < 1.29 is 13.2 Å². The number of hydrogen-bond donors (Lipinski definition) is 1. The molecule has 1 aromatic rings. The van der Waals surface area contributed by atoms with Crippen molar-refractivity contribution in [2.75, 3.05) is 13.1 Å². The summed E-state index contributed by atoms with van der Waals surface area (Å²) in [4.78, 5) is 0. The van der Waals surface area contributed by atoms with Gasteiger partial charge >= 0.3 is 6.18 Å². The van der Waals surface area contributed by atoms with Crippen LogP contribution in [0, 0.1) is 12.8 Å². The van der Waals surface area contributed by atoms with E-state index < -0.39 is 11.7 Å². The number of alkyl halides is 3. The Morgan fingerprint density at radius 3 is 2.59 bits per heavy atom. The number of piperidine rings is 1. The molecule has 2 atom stereocenters. The maximum atomic E-state index is 12.6. The fourth-order valence-electron chi connectivity index (χ4n) is 3.16. The molecule has 1 saturated heterocycles. The van der Waals surface area contributed by atoms with Gasteiger partial charge in [-0.05, 0) is 49.1 Å². The summed E-state index contributed by atoms with van der Waals surface area (Å²) in [7, 11) is 0. The van der Waals surface area contributed by atoms with E-state index in [1.165, 1.54) is 12.1 Å². The summed E-state index contributed by atoms with van der Waals surface area (Å²) in [6, 6.07) is 4.16. The maximum Gasteiger partial charge on any atom is 0.416 e. The largest absolute Gasteiger partial charge is 0.416 e. The normalized spacial score (nSPS) is 31.4. The van der Waals surface area contributed by atoms with Crippen molar-refractivity contribution in [1.82, 2.24) is 5.32 Å². The minimum atomic E-state index is -4.24. The van der Waals surface area contributed by atoms with Crippen molar-refractivity contribution in [3.63, 3.8) is 0 Å². The fourth-order valence-corrected chi connectivity index (χ4v) is 3.16. The van der Waals surface area contributed by atoms with Crippen LogP contribution in [-0.4, -0.2) is 13.1 Å². The van der Waals surface area contributed by atoms with Crippen molar-refractivity contribution in [3.8, 4) is 0 Å². The minimum Gasteiger partial charge on any atom is -0.316 e. The molecule has 1 aromatic carbocycles. The molecule has 1 saturated carbocycles. The first-order valence-electron chi connectivity index (χ1n) is 5.82. The lowest BCUT2D eigenvalue weighted by Gasteiger charge is -2.17. The van der Waals surface area contributed by atoms with E-state index in [0.29, 0.717) is 5.92 Å². The second-order valence-electron chi connectivity index (χ2n) is 5.22. The molecule has 1 aliphatic heterocycles. The van der Waals surface area contributed by atoms with E-state index >= 15 is 0 Å². The summed E-state index contributed by atoms with van der Waals surface area (Å²) in [5.74, 6) is 0.623. The van der Waals surface area contributed by atoms with Gasteiger partial charge in [-0.25, -0.2) is 0 Å². The molecule has 3 rings (SSSR count). The minimum absolute atomic E-state index is 0.133. The van der Waals surface area contributed by atoms with Crippen LogP contribution in [-0.2, 0) is 11.6 Å². The molecule has 4 heteroatoms. The third-order valence-electron chi connectivity index (χ3n) is 4.15. The highest BCUT2D eigenvalue weighted by Crippen LogP contribution is 2.57. The van der Waals surface area contributed by atoms with Crippen LogP contribution >= 0.6 is 0 Å². The molecule has 1 unspecified atom stereocenters. The number of aryl methyl sites for hydroxylation is 1. The molecule has 1 N–H and O–H groups in total. The van der Waals surface area contributed by atoms with Gasteiger partial charge in [-0.15, -0.1) is 0 Å². The van der Waals surface area contributed by atoms with Gasteiger partial charge in [0.2, 0.25) is 0 Å². The van der Waals surface area contributed by atoms with E-state index in [2.05, 4.69) is 5.32 Å². The second-order valence-corrected chi connectivity index (χ2v) is 5.22. The quantitative estimate of drug-likeness (QED) is 0.797. The van der Waals surface area contributed by atoms with Gasteiger partial charge in [-0.3, -0.25) is 0 Å². The van der Waals surface area contributed by atoms with Crippen molar-refractivity contribution >= 4 is 0 Å². The summed E-state index contributed by atoms with van der Waals surface area (Å²) < 4.78 is 37.7. The number of nitrogens with one attached hydrogen (secondary N) is 1. The Balaban J connectivity index is 1.98. The van der Waals surface area contributed by atoms with Crippen molar-refractivity contribution in [1.29, 1.82) is 0 Å². The lowest BCUT2D eigenvalue weighted by molar-refractivity contribution is -0.137. The lowest BCUT2D eigenvalue weighted by Crippen LogP contribution is -2.20. The molecule has 0 spiro atoms. The summed E-state index contributed by atoms with van der Waals surface area (Å²) in [6.45, 7) is 3.69. The first-order valence-corrected chi connectivity index (χ1v) is 5.82. The Kier molecular flexibility index (Phi) is 2.12. The Morgan fingerprint density at radius 1 is 1.35 bits per heavy atom. The molecule has 1 heterocycles. The number of benzene rings is 1. The van der Waals surface area contributed by atoms with Crippen LogP contribution in [0.1, 0.15) is 23.1 Å². The van der Waals surface area contributed by atoms with Crippen molar-refractivity contribution in [3.05, 3.63) is 34.9 Å². The molecule has 0 radical (unpaired) electrons. The van der Waals surface area contributed by atoms with Crippen LogP contribution in [0.15, 0.2) is 18.2 Å². The summed E-state index contributed by atoms with van der Waals surface area (Å²) in [5.41, 5.74) is 1.46. The standard InChI is InChI=1S/C13H14F3N/c1-8-4-9(13(14,15)16)2-3-11(8)12-5-10(12)6-17-7-12/h2-4,10,17H,5-7H2,1H3/t10-,12?/m1/s1. The number of rotatable bonds is 1. The van der Waals surface area contributed by atoms with E-state index in [-0.39, 0.29) is 5.41 Å². The molecular weight excluding hydrogens is 227 g/mol. The average molecular weight is 241 g/mol. The second kappa shape index (κ2) is 3.25. The molecular formula is C13H14F3N. The number of hydrogen-bond acceptors (Lipinski definition) is 1. The molecule has 1 aliphatic carbocycles. The van der Waals surface area contributed by atoms with Crippen LogP contribution in [0.3, 0.4) is 0 Å². The van der Waals surface area contributed by atoms with Gasteiger partial charge in [0, 0.05) is 12.0 Å². The zero-order valence-electron chi connectivity index (χ0n) is 9.56. The Morgan fingerprint density at radius 2 is 2.12 bits per heavy atom. The molecule has 0 aromatic heterocycles. The van der Waals surface area contributed by atoms with E-state index in [1.807, 2.05) is 0 Å². The summed E-state index contributed by atoms with van der Waals surface area (Å²) in [5, 5.41) is 3.31. The molecule has 92 valence electrons. The summed E-state index contributed by atoms with van der Waals surface area (Å²) >= 11 is 0. The lowest BCUT2D eigenvalue weighted by atomic mass is 9.90. The van der Waals surface area contributed by atoms with E-state index in [4.69, 9.17) is 0 Å². The topological polar surface area (TPSA) is 12.0 Å². The van der Waals surface area contributed by atoms with Crippen LogP contribution in [0.25, 0.3) is 0 Å². The van der Waals surface area contributed by atoms with Gasteiger partial charge in [0.25, 0.3) is 0 Å². The van der Waals surface area contributed by atoms with Gasteiger partial charge in [0.05, 0.1) is 5.56 Å². The highest BCUT2D eigenvalue weighted by atomic mass is 19.4. The van der Waals surface area contributed by atoms with Gasteiger partial charge in [0.15, 0.2) is 0 Å². The Labute approximate surface area is 98.0 Å². The average Bonchev–Trinajstić information content (AvgIpc) is 2.80. The molecule has 0 bridgehead atoms. The van der Waals surface area contributed by atoms with Gasteiger partial charge in [-0.1, -0.05) is 6.07 Å². The van der Waals surface area contributed by atoms with Gasteiger partial charge < -0.3 is 5.32 Å². The molecule has 2 fully saturated rings. The summed E-state index contributed by atoms with van der Waals surface area (Å²) in [6.07, 6.45) is -3.12. The van der Waals surface area contributed by atoms with Crippen molar-refractivity contribution in [2.45, 2.75) is 24.9 Å². The van der Waals surface area contributed by atoms with Crippen LogP contribution in [0.2, 0.25) is 0 Å². The number of fused-ring (bicyclic) bond motifs is 1. The fraction of sp³-hybridized carbons (Fsp3) is 0.538. The van der Waals surface area contributed by atoms with Gasteiger partial charge in [0.1, 0.15) is 0 Å². The monoisotopic (exact) mass is 241 g/mol. The van der Waals surface area contributed by atoms with E-state index in [0.717, 1.165) is 30.6 Å².